The number of nitrogens with two attached hydrogens (primary N) is 1. The molecule has 4 N–H and O–H groups in total. The topological polar surface area (TPSA) is 70.6 Å². The molecule has 1 aliphatic carbocycles. The van der Waals surface area contributed by atoms with Crippen LogP contribution in [0, 0.1) is 11.7 Å². The van der Waals surface area contributed by atoms with E-state index in [9.17, 15) is 4.39 Å². The molecule has 1 unspecified atom stereocenters. The number of allylic oxidation sites excluding steroid dienone is 2. The Kier molecular flexibility index (Phi) is 5.12. The standard InChI is InChI=1S/C15H20FN3O/c16-14-8-12(15(17)19-20)6-7-13(14)10-18-9-11-4-2-1-3-5-11/h1-2,6-8,11,18,20H,3-5,9-10H2,(H2,17,19). The summed E-state index contributed by atoms with van der Waals surface area (Å²) in [5, 5.41) is 14.7. The lowest BCUT2D eigenvalue weighted by Gasteiger charge is -2.18. The first-order chi connectivity index (χ1) is 9.70. The molecule has 0 heterocycles. The summed E-state index contributed by atoms with van der Waals surface area (Å²) in [7, 11) is 0. The third-order valence-electron chi connectivity index (χ3n) is 3.58. The smallest absolute Gasteiger partial charge is 0.170 e. The molecule has 0 radical (unpaired) electrons. The van der Waals surface area contributed by atoms with Crippen molar-refractivity contribution in [3.05, 3.63) is 47.3 Å². The molecule has 0 aromatic heterocycles. The van der Waals surface area contributed by atoms with E-state index in [1.165, 1.54) is 12.5 Å². The van der Waals surface area contributed by atoms with Gasteiger partial charge in [0.15, 0.2) is 5.84 Å². The van der Waals surface area contributed by atoms with Gasteiger partial charge in [-0.2, -0.15) is 0 Å². The van der Waals surface area contributed by atoms with Gasteiger partial charge in [0, 0.05) is 17.7 Å². The largest absolute Gasteiger partial charge is 0.409 e. The predicted octanol–water partition coefficient (Wildman–Crippen LogP) is 2.37. The summed E-state index contributed by atoms with van der Waals surface area (Å²) >= 11 is 0. The van der Waals surface area contributed by atoms with Crippen molar-refractivity contribution in [3.63, 3.8) is 0 Å². The minimum atomic E-state index is -0.342. The van der Waals surface area contributed by atoms with E-state index in [2.05, 4.69) is 22.6 Å². The average molecular weight is 277 g/mol. The van der Waals surface area contributed by atoms with Gasteiger partial charge in [0.1, 0.15) is 5.82 Å². The van der Waals surface area contributed by atoms with Gasteiger partial charge >= 0.3 is 0 Å². The summed E-state index contributed by atoms with van der Waals surface area (Å²) in [6, 6.07) is 4.60. The van der Waals surface area contributed by atoms with E-state index in [1.54, 1.807) is 12.1 Å². The maximum atomic E-state index is 13.9. The van der Waals surface area contributed by atoms with Gasteiger partial charge in [0.25, 0.3) is 0 Å². The number of halogens is 1. The Labute approximate surface area is 118 Å². The fourth-order valence-electron chi connectivity index (χ4n) is 2.36. The second-order valence-electron chi connectivity index (χ2n) is 5.07. The highest BCUT2D eigenvalue weighted by atomic mass is 19.1. The number of hydrogen-bond donors (Lipinski definition) is 3. The van der Waals surface area contributed by atoms with Crippen LogP contribution in [0.1, 0.15) is 30.4 Å². The molecule has 0 saturated heterocycles. The second-order valence-corrected chi connectivity index (χ2v) is 5.07. The fourth-order valence-corrected chi connectivity index (χ4v) is 2.36. The lowest BCUT2D eigenvalue weighted by atomic mass is 9.94. The van der Waals surface area contributed by atoms with Crippen molar-refractivity contribution in [2.45, 2.75) is 25.8 Å². The third-order valence-corrected chi connectivity index (χ3v) is 3.58. The summed E-state index contributed by atoms with van der Waals surface area (Å²) < 4.78 is 13.9. The van der Waals surface area contributed by atoms with Crippen LogP contribution in [0.5, 0.6) is 0 Å². The SMILES string of the molecule is NC(=NO)c1ccc(CNCC2CC=CCC2)c(F)c1. The molecule has 2 rings (SSSR count). The molecule has 0 fully saturated rings. The molecule has 20 heavy (non-hydrogen) atoms. The highest BCUT2D eigenvalue weighted by Gasteiger charge is 2.10. The Bertz CT molecular complexity index is 514. The average Bonchev–Trinajstić information content (AvgIpc) is 2.49. The highest BCUT2D eigenvalue weighted by Crippen LogP contribution is 2.17. The number of hydrogen-bond acceptors (Lipinski definition) is 3. The van der Waals surface area contributed by atoms with Crippen LogP contribution in [-0.4, -0.2) is 17.6 Å². The molecule has 1 aromatic carbocycles. The maximum Gasteiger partial charge on any atom is 0.170 e. The number of oxime groups is 1. The van der Waals surface area contributed by atoms with Crippen molar-refractivity contribution in [1.29, 1.82) is 0 Å². The zero-order valence-corrected chi connectivity index (χ0v) is 11.3. The summed E-state index contributed by atoms with van der Waals surface area (Å²) in [4.78, 5) is 0. The minimum Gasteiger partial charge on any atom is -0.409 e. The summed E-state index contributed by atoms with van der Waals surface area (Å²) in [6.45, 7) is 1.38. The molecule has 0 bridgehead atoms. The van der Waals surface area contributed by atoms with Crippen LogP contribution in [0.15, 0.2) is 35.5 Å². The fraction of sp³-hybridized carbons (Fsp3) is 0.400. The molecule has 1 aromatic rings. The molecule has 0 aliphatic heterocycles. The van der Waals surface area contributed by atoms with Crippen molar-refractivity contribution in [3.8, 4) is 0 Å². The third kappa shape index (κ3) is 3.81. The van der Waals surface area contributed by atoms with Crippen molar-refractivity contribution < 1.29 is 9.60 Å². The van der Waals surface area contributed by atoms with Crippen molar-refractivity contribution in [1.82, 2.24) is 5.32 Å². The van der Waals surface area contributed by atoms with Crippen LogP contribution in [0.25, 0.3) is 0 Å². The summed E-state index contributed by atoms with van der Waals surface area (Å²) in [5.41, 5.74) is 6.39. The first-order valence-corrected chi connectivity index (χ1v) is 6.82. The van der Waals surface area contributed by atoms with E-state index in [0.29, 0.717) is 23.6 Å². The van der Waals surface area contributed by atoms with Crippen LogP contribution in [-0.2, 0) is 6.54 Å². The molecular formula is C15H20FN3O. The maximum absolute atomic E-state index is 13.9. The van der Waals surface area contributed by atoms with Crippen LogP contribution in [0.3, 0.4) is 0 Å². The van der Waals surface area contributed by atoms with Gasteiger partial charge in [-0.1, -0.05) is 29.4 Å². The molecule has 0 amide bonds. The predicted molar refractivity (Wildman–Crippen MR) is 77.1 cm³/mol. The van der Waals surface area contributed by atoms with E-state index in [-0.39, 0.29) is 11.7 Å². The molecule has 1 aliphatic rings. The second kappa shape index (κ2) is 7.05. The van der Waals surface area contributed by atoms with Crippen LogP contribution < -0.4 is 11.1 Å². The van der Waals surface area contributed by atoms with Gasteiger partial charge in [-0.15, -0.1) is 0 Å². The first-order valence-electron chi connectivity index (χ1n) is 6.82. The molecular weight excluding hydrogens is 257 g/mol. The Balaban J connectivity index is 1.88. The van der Waals surface area contributed by atoms with Gasteiger partial charge in [-0.05, 0) is 37.8 Å². The number of amidine groups is 1. The van der Waals surface area contributed by atoms with E-state index in [0.717, 1.165) is 19.4 Å². The van der Waals surface area contributed by atoms with Gasteiger partial charge in [0.05, 0.1) is 0 Å². The monoisotopic (exact) mass is 277 g/mol. The minimum absolute atomic E-state index is 0.0857. The normalized spacial score (nSPS) is 19.2. The number of nitrogens with one attached hydrogen (secondary N) is 1. The number of nitrogens with zero attached hydrogens (tertiary/aromatic N) is 1. The van der Waals surface area contributed by atoms with Crippen molar-refractivity contribution in [2.24, 2.45) is 16.8 Å². The van der Waals surface area contributed by atoms with E-state index >= 15 is 0 Å². The Morgan fingerprint density at radius 2 is 2.30 bits per heavy atom. The zero-order chi connectivity index (χ0) is 14.4. The molecule has 4 nitrogen and oxygen atoms in total. The zero-order valence-electron chi connectivity index (χ0n) is 11.3. The molecule has 108 valence electrons. The Morgan fingerprint density at radius 1 is 1.45 bits per heavy atom. The van der Waals surface area contributed by atoms with Crippen LogP contribution in [0.2, 0.25) is 0 Å². The molecule has 0 spiro atoms. The van der Waals surface area contributed by atoms with Gasteiger partial charge < -0.3 is 16.3 Å². The van der Waals surface area contributed by atoms with Gasteiger partial charge in [-0.25, -0.2) is 4.39 Å². The highest BCUT2D eigenvalue weighted by molar-refractivity contribution is 5.97. The van der Waals surface area contributed by atoms with Crippen LogP contribution >= 0.6 is 0 Å². The quantitative estimate of drug-likeness (QED) is 0.254. The molecule has 0 saturated carbocycles. The lowest BCUT2D eigenvalue weighted by molar-refractivity contribution is 0.318. The molecule has 5 heteroatoms. The first kappa shape index (κ1) is 14.5. The van der Waals surface area contributed by atoms with E-state index in [4.69, 9.17) is 10.9 Å². The van der Waals surface area contributed by atoms with Crippen LogP contribution in [0.4, 0.5) is 4.39 Å². The Hall–Kier alpha value is -1.88. The number of rotatable bonds is 5. The van der Waals surface area contributed by atoms with E-state index < -0.39 is 0 Å². The summed E-state index contributed by atoms with van der Waals surface area (Å²) in [6.07, 6.45) is 7.84. The Morgan fingerprint density at radius 3 is 2.95 bits per heavy atom. The lowest BCUT2D eigenvalue weighted by Crippen LogP contribution is -2.23. The van der Waals surface area contributed by atoms with Gasteiger partial charge in [-0.3, -0.25) is 0 Å². The number of benzene rings is 1. The molecule has 1 atom stereocenters. The summed E-state index contributed by atoms with van der Waals surface area (Å²) in [5.74, 6) is 0.210. The van der Waals surface area contributed by atoms with Crippen molar-refractivity contribution in [2.75, 3.05) is 6.54 Å². The van der Waals surface area contributed by atoms with E-state index in [1.807, 2.05) is 0 Å². The van der Waals surface area contributed by atoms with Crippen molar-refractivity contribution >= 4 is 5.84 Å². The van der Waals surface area contributed by atoms with Gasteiger partial charge in [0.2, 0.25) is 0 Å².